The molecule has 23 heavy (non-hydrogen) atoms. The molecule has 1 aliphatic carbocycles. The van der Waals surface area contributed by atoms with Gasteiger partial charge in [0.1, 0.15) is 0 Å². The Kier molecular flexibility index (Phi) is 5.36. The van der Waals surface area contributed by atoms with Crippen molar-refractivity contribution in [2.24, 2.45) is 5.41 Å². The molecule has 1 saturated carbocycles. The molecule has 0 radical (unpaired) electrons. The first-order chi connectivity index (χ1) is 11.0. The minimum Gasteiger partial charge on any atom is -0.481 e. The van der Waals surface area contributed by atoms with Gasteiger partial charge in [0.15, 0.2) is 0 Å². The van der Waals surface area contributed by atoms with Crippen LogP contribution >= 0.6 is 0 Å². The van der Waals surface area contributed by atoms with E-state index in [0.717, 1.165) is 19.3 Å². The smallest absolute Gasteiger partial charge is 0.310 e. The summed E-state index contributed by atoms with van der Waals surface area (Å²) in [5.41, 5.74) is -0.0239. The van der Waals surface area contributed by atoms with Crippen molar-refractivity contribution >= 4 is 23.5 Å². The number of carbonyl (C=O) groups excluding carboxylic acids is 2. The van der Waals surface area contributed by atoms with Gasteiger partial charge in [0, 0.05) is 24.7 Å². The lowest BCUT2D eigenvalue weighted by Gasteiger charge is -2.32. The van der Waals surface area contributed by atoms with Gasteiger partial charge in [0.25, 0.3) is 5.91 Å². The van der Waals surface area contributed by atoms with Crippen molar-refractivity contribution < 1.29 is 19.5 Å². The van der Waals surface area contributed by atoms with Crippen LogP contribution in [0.5, 0.6) is 0 Å². The van der Waals surface area contributed by atoms with E-state index in [-0.39, 0.29) is 18.2 Å². The number of rotatable bonds is 5. The zero-order chi connectivity index (χ0) is 16.9. The van der Waals surface area contributed by atoms with E-state index in [1.807, 2.05) is 0 Å². The molecule has 2 rings (SSSR count). The monoisotopic (exact) mass is 318 g/mol. The Balaban J connectivity index is 2.06. The number of amides is 2. The molecule has 0 spiro atoms. The van der Waals surface area contributed by atoms with Crippen molar-refractivity contribution in [2.45, 2.75) is 38.5 Å². The van der Waals surface area contributed by atoms with Gasteiger partial charge >= 0.3 is 5.97 Å². The standard InChI is InChI=1S/C17H22N2O4/c1-18-15(21)12-6-5-7-13(10-12)19-14(20)11-17(16(22)23)8-3-2-4-9-17/h5-7,10H,2-4,8-9,11H2,1H3,(H,18,21)(H,19,20)(H,22,23). The maximum absolute atomic E-state index is 12.3. The average molecular weight is 318 g/mol. The number of aliphatic carboxylic acids is 1. The third-order valence-corrected chi connectivity index (χ3v) is 4.40. The van der Waals surface area contributed by atoms with Crippen LogP contribution in [0.1, 0.15) is 48.9 Å². The minimum absolute atomic E-state index is 0.0352. The van der Waals surface area contributed by atoms with Gasteiger partial charge in [-0.25, -0.2) is 0 Å². The number of hydrogen-bond acceptors (Lipinski definition) is 3. The Morgan fingerprint density at radius 3 is 2.48 bits per heavy atom. The second-order valence-electron chi connectivity index (χ2n) is 6.03. The third kappa shape index (κ3) is 4.09. The second kappa shape index (κ2) is 7.26. The summed E-state index contributed by atoms with van der Waals surface area (Å²) >= 11 is 0. The topological polar surface area (TPSA) is 95.5 Å². The third-order valence-electron chi connectivity index (χ3n) is 4.40. The largest absolute Gasteiger partial charge is 0.481 e. The summed E-state index contributed by atoms with van der Waals surface area (Å²) in [5, 5.41) is 14.7. The molecular weight excluding hydrogens is 296 g/mol. The molecule has 0 heterocycles. The minimum atomic E-state index is -0.958. The molecule has 2 amide bonds. The summed E-state index contributed by atoms with van der Waals surface area (Å²) in [6.07, 6.45) is 3.73. The molecule has 6 heteroatoms. The molecule has 0 aromatic heterocycles. The number of nitrogens with one attached hydrogen (secondary N) is 2. The maximum atomic E-state index is 12.3. The van der Waals surface area contributed by atoms with Gasteiger partial charge in [-0.2, -0.15) is 0 Å². The lowest BCUT2D eigenvalue weighted by molar-refractivity contribution is -0.153. The molecule has 6 nitrogen and oxygen atoms in total. The fourth-order valence-corrected chi connectivity index (χ4v) is 3.09. The number of hydrogen-bond donors (Lipinski definition) is 3. The number of carboxylic acids is 1. The Labute approximate surface area is 135 Å². The van der Waals surface area contributed by atoms with Crippen LogP contribution in [0.2, 0.25) is 0 Å². The fraction of sp³-hybridized carbons (Fsp3) is 0.471. The van der Waals surface area contributed by atoms with Crippen molar-refractivity contribution in [3.8, 4) is 0 Å². The average Bonchev–Trinajstić information content (AvgIpc) is 2.55. The highest BCUT2D eigenvalue weighted by Crippen LogP contribution is 2.39. The van der Waals surface area contributed by atoms with E-state index in [1.165, 1.54) is 7.05 Å². The molecule has 0 atom stereocenters. The van der Waals surface area contributed by atoms with Gasteiger partial charge in [-0.1, -0.05) is 25.3 Å². The Hall–Kier alpha value is -2.37. The Morgan fingerprint density at radius 2 is 1.87 bits per heavy atom. The summed E-state index contributed by atoms with van der Waals surface area (Å²) < 4.78 is 0. The Morgan fingerprint density at radius 1 is 1.17 bits per heavy atom. The first-order valence-electron chi connectivity index (χ1n) is 7.82. The molecule has 0 saturated heterocycles. The van der Waals surface area contributed by atoms with Crippen LogP contribution in [-0.4, -0.2) is 29.9 Å². The highest BCUT2D eigenvalue weighted by atomic mass is 16.4. The number of carboxylic acid groups (broad SMARTS) is 1. The molecule has 1 aromatic carbocycles. The van der Waals surface area contributed by atoms with E-state index in [9.17, 15) is 19.5 Å². The van der Waals surface area contributed by atoms with Crippen LogP contribution in [0.25, 0.3) is 0 Å². The number of carbonyl (C=O) groups is 3. The van der Waals surface area contributed by atoms with Crippen molar-refractivity contribution in [1.29, 1.82) is 0 Å². The van der Waals surface area contributed by atoms with Crippen LogP contribution in [0.4, 0.5) is 5.69 Å². The molecule has 1 fully saturated rings. The quantitative estimate of drug-likeness (QED) is 0.777. The molecule has 0 bridgehead atoms. The first-order valence-corrected chi connectivity index (χ1v) is 7.82. The Bertz CT molecular complexity index is 606. The lowest BCUT2D eigenvalue weighted by atomic mass is 9.71. The van der Waals surface area contributed by atoms with Crippen LogP contribution in [-0.2, 0) is 9.59 Å². The van der Waals surface area contributed by atoms with Crippen molar-refractivity contribution in [2.75, 3.05) is 12.4 Å². The zero-order valence-corrected chi connectivity index (χ0v) is 13.2. The molecule has 1 aromatic rings. The van der Waals surface area contributed by atoms with Crippen molar-refractivity contribution in [1.82, 2.24) is 5.32 Å². The van der Waals surface area contributed by atoms with E-state index < -0.39 is 11.4 Å². The molecule has 0 unspecified atom stereocenters. The zero-order valence-electron chi connectivity index (χ0n) is 13.2. The summed E-state index contributed by atoms with van der Waals surface area (Å²) in [7, 11) is 1.54. The predicted molar refractivity (Wildman–Crippen MR) is 86.2 cm³/mol. The van der Waals surface area contributed by atoms with Crippen molar-refractivity contribution in [3.63, 3.8) is 0 Å². The van der Waals surface area contributed by atoms with Crippen LogP contribution in [0.3, 0.4) is 0 Å². The molecule has 1 aliphatic rings. The summed E-state index contributed by atoms with van der Waals surface area (Å²) in [4.78, 5) is 35.5. The number of benzene rings is 1. The highest BCUT2D eigenvalue weighted by molar-refractivity contribution is 5.98. The SMILES string of the molecule is CNC(=O)c1cccc(NC(=O)CC2(C(=O)O)CCCCC2)c1. The maximum Gasteiger partial charge on any atom is 0.310 e. The van der Waals surface area contributed by atoms with Gasteiger partial charge in [-0.05, 0) is 31.0 Å². The lowest BCUT2D eigenvalue weighted by Crippen LogP contribution is -2.37. The summed E-state index contributed by atoms with van der Waals surface area (Å²) in [5.74, 6) is -1.47. The molecule has 3 N–H and O–H groups in total. The van der Waals surface area contributed by atoms with Crippen molar-refractivity contribution in [3.05, 3.63) is 29.8 Å². The van der Waals surface area contributed by atoms with E-state index >= 15 is 0 Å². The van der Waals surface area contributed by atoms with E-state index in [2.05, 4.69) is 10.6 Å². The predicted octanol–water partition coefficient (Wildman–Crippen LogP) is 2.41. The van der Waals surface area contributed by atoms with Crippen LogP contribution in [0.15, 0.2) is 24.3 Å². The van der Waals surface area contributed by atoms with E-state index in [0.29, 0.717) is 24.1 Å². The van der Waals surface area contributed by atoms with Gasteiger partial charge in [-0.3, -0.25) is 14.4 Å². The molecule has 0 aliphatic heterocycles. The van der Waals surface area contributed by atoms with Gasteiger partial charge < -0.3 is 15.7 Å². The highest BCUT2D eigenvalue weighted by Gasteiger charge is 2.41. The van der Waals surface area contributed by atoms with Gasteiger partial charge in [0.2, 0.25) is 5.91 Å². The van der Waals surface area contributed by atoms with Gasteiger partial charge in [-0.15, -0.1) is 0 Å². The summed E-state index contributed by atoms with van der Waals surface area (Å²) in [6.45, 7) is 0. The van der Waals surface area contributed by atoms with E-state index in [4.69, 9.17) is 0 Å². The van der Waals surface area contributed by atoms with Crippen LogP contribution in [0, 0.1) is 5.41 Å². The van der Waals surface area contributed by atoms with Gasteiger partial charge in [0.05, 0.1) is 5.41 Å². The van der Waals surface area contributed by atoms with E-state index in [1.54, 1.807) is 24.3 Å². The second-order valence-corrected chi connectivity index (χ2v) is 6.03. The summed E-state index contributed by atoms with van der Waals surface area (Å²) in [6, 6.07) is 6.58. The van der Waals surface area contributed by atoms with Crippen LogP contribution < -0.4 is 10.6 Å². The first kappa shape index (κ1) is 17.0. The normalized spacial score (nSPS) is 16.4. The fourth-order valence-electron chi connectivity index (χ4n) is 3.09. The number of anilines is 1. The molecule has 124 valence electrons. The molecular formula is C17H22N2O4.